The molecule has 34 heavy (non-hydrogen) atoms. The first-order valence-corrected chi connectivity index (χ1v) is 11.7. The molecule has 0 spiro atoms. The maximum atomic E-state index is 13.1. The van der Waals surface area contributed by atoms with Crippen molar-refractivity contribution in [2.45, 2.75) is 45.2 Å². The molecule has 2 rings (SSSR count). The van der Waals surface area contributed by atoms with E-state index in [1.54, 1.807) is 24.3 Å². The second kappa shape index (κ2) is 13.5. The molecule has 4 amide bonds. The normalized spacial score (nSPS) is 20.2. The van der Waals surface area contributed by atoms with E-state index >= 15 is 0 Å². The summed E-state index contributed by atoms with van der Waals surface area (Å²) in [5.41, 5.74) is 0.279. The van der Waals surface area contributed by atoms with Gasteiger partial charge < -0.3 is 30.9 Å². The zero-order valence-electron chi connectivity index (χ0n) is 20.5. The van der Waals surface area contributed by atoms with Crippen LogP contribution < -0.4 is 26.0 Å². The fraction of sp³-hybridized carbons (Fsp3) is 0.583. The largest absolute Gasteiger partial charge is 0.491 e. The Morgan fingerprint density at radius 1 is 1.15 bits per heavy atom. The van der Waals surface area contributed by atoms with E-state index in [0.29, 0.717) is 12.3 Å². The van der Waals surface area contributed by atoms with E-state index in [1.807, 2.05) is 32.8 Å². The van der Waals surface area contributed by atoms with Crippen molar-refractivity contribution in [2.75, 3.05) is 40.3 Å². The highest BCUT2D eigenvalue weighted by Gasteiger charge is 2.25. The zero-order valence-corrected chi connectivity index (χ0v) is 20.5. The molecule has 0 radical (unpaired) electrons. The van der Waals surface area contributed by atoms with E-state index in [2.05, 4.69) is 21.3 Å². The molecule has 1 aliphatic rings. The summed E-state index contributed by atoms with van der Waals surface area (Å²) >= 11 is 0. The Morgan fingerprint density at radius 2 is 1.88 bits per heavy atom. The van der Waals surface area contributed by atoms with Gasteiger partial charge in [0.25, 0.3) is 5.91 Å². The molecule has 1 aliphatic heterocycles. The molecule has 188 valence electrons. The molecule has 0 aliphatic carbocycles. The summed E-state index contributed by atoms with van der Waals surface area (Å²) in [6, 6.07) is 5.53. The topological polar surface area (TPSA) is 129 Å². The first-order valence-electron chi connectivity index (χ1n) is 11.7. The summed E-state index contributed by atoms with van der Waals surface area (Å²) in [4.78, 5) is 52.5. The van der Waals surface area contributed by atoms with Gasteiger partial charge in [-0.1, -0.05) is 26.0 Å². The number of benzene rings is 1. The highest BCUT2D eigenvalue weighted by atomic mass is 16.5. The minimum atomic E-state index is -0.909. The first-order chi connectivity index (χ1) is 16.2. The quantitative estimate of drug-likeness (QED) is 0.438. The number of ether oxygens (including phenoxy) is 1. The van der Waals surface area contributed by atoms with Crippen molar-refractivity contribution < 1.29 is 23.9 Å². The van der Waals surface area contributed by atoms with E-state index < -0.39 is 11.9 Å². The third kappa shape index (κ3) is 9.01. The lowest BCUT2D eigenvalue weighted by Crippen LogP contribution is -2.48. The van der Waals surface area contributed by atoms with Crippen molar-refractivity contribution >= 4 is 23.6 Å². The Balaban J connectivity index is 2.22. The average molecular weight is 476 g/mol. The molecule has 1 aromatic rings. The fourth-order valence-electron chi connectivity index (χ4n) is 3.40. The molecular weight excluding hydrogens is 438 g/mol. The molecule has 4 N–H and O–H groups in total. The maximum Gasteiger partial charge on any atom is 0.255 e. The van der Waals surface area contributed by atoms with Crippen LogP contribution in [0.1, 0.15) is 43.5 Å². The second-order valence-electron chi connectivity index (χ2n) is 9.01. The minimum Gasteiger partial charge on any atom is -0.491 e. The molecule has 1 aromatic carbocycles. The Morgan fingerprint density at radius 3 is 2.59 bits per heavy atom. The van der Waals surface area contributed by atoms with Gasteiger partial charge in [-0.3, -0.25) is 19.2 Å². The van der Waals surface area contributed by atoms with E-state index in [9.17, 15) is 19.2 Å². The van der Waals surface area contributed by atoms with Gasteiger partial charge >= 0.3 is 0 Å². The number of carbonyl (C=O) groups excluding carboxylic acids is 4. The maximum absolute atomic E-state index is 13.1. The number of hydrogen-bond donors (Lipinski definition) is 4. The van der Waals surface area contributed by atoms with Crippen LogP contribution in [0.2, 0.25) is 0 Å². The molecule has 0 aromatic heterocycles. The molecule has 0 unspecified atom stereocenters. The lowest BCUT2D eigenvalue weighted by atomic mass is 10.1. The number of amides is 4. The Bertz CT molecular complexity index is 858. The summed E-state index contributed by atoms with van der Waals surface area (Å²) in [7, 11) is 3.90. The van der Waals surface area contributed by atoms with Crippen LogP contribution in [0.4, 0.5) is 0 Å². The van der Waals surface area contributed by atoms with Crippen molar-refractivity contribution in [3.8, 4) is 5.75 Å². The Kier molecular flexibility index (Phi) is 10.8. The fourth-order valence-corrected chi connectivity index (χ4v) is 3.40. The lowest BCUT2D eigenvalue weighted by molar-refractivity contribution is -0.127. The van der Waals surface area contributed by atoms with Crippen LogP contribution in [-0.4, -0.2) is 80.9 Å². The van der Waals surface area contributed by atoms with E-state index in [1.165, 1.54) is 0 Å². The van der Waals surface area contributed by atoms with Crippen LogP contribution in [0.15, 0.2) is 24.3 Å². The van der Waals surface area contributed by atoms with E-state index in [-0.39, 0.29) is 61.2 Å². The van der Waals surface area contributed by atoms with Gasteiger partial charge in [-0.25, -0.2) is 0 Å². The predicted octanol–water partition coefficient (Wildman–Crippen LogP) is 0.283. The van der Waals surface area contributed by atoms with Gasteiger partial charge in [-0.05, 0) is 51.5 Å². The van der Waals surface area contributed by atoms with Crippen molar-refractivity contribution in [2.24, 2.45) is 5.92 Å². The standard InChI is InChI=1S/C24H37N5O5/c1-16(2)19-15-34-20-9-6-5-8-17(20)23(32)28-18(24(33)25-12-7-13-29(3)4)10-11-21(30)26-14-22(31)27-19/h5-6,8-9,16,18-19H,7,10-15H2,1-4H3,(H,25,33)(H,26,30)(H,27,31)(H,28,32)/t18-,19+/m0/s1. The molecule has 0 fully saturated rings. The van der Waals surface area contributed by atoms with Gasteiger partial charge in [0.15, 0.2) is 0 Å². The monoisotopic (exact) mass is 475 g/mol. The van der Waals surface area contributed by atoms with Crippen LogP contribution in [-0.2, 0) is 14.4 Å². The van der Waals surface area contributed by atoms with E-state index in [4.69, 9.17) is 4.74 Å². The molecule has 0 bridgehead atoms. The molecule has 0 saturated heterocycles. The van der Waals surface area contributed by atoms with Crippen LogP contribution in [0, 0.1) is 5.92 Å². The average Bonchev–Trinajstić information content (AvgIpc) is 2.80. The Labute approximate surface area is 201 Å². The van der Waals surface area contributed by atoms with Crippen molar-refractivity contribution in [3.63, 3.8) is 0 Å². The van der Waals surface area contributed by atoms with Crippen LogP contribution in [0.25, 0.3) is 0 Å². The third-order valence-corrected chi connectivity index (χ3v) is 5.51. The van der Waals surface area contributed by atoms with Crippen LogP contribution in [0.3, 0.4) is 0 Å². The summed E-state index contributed by atoms with van der Waals surface area (Å²) in [5.74, 6) is -1.11. The van der Waals surface area contributed by atoms with Crippen molar-refractivity contribution in [3.05, 3.63) is 29.8 Å². The van der Waals surface area contributed by atoms with Gasteiger partial charge in [0.05, 0.1) is 18.2 Å². The number of fused-ring (bicyclic) bond motifs is 1. The zero-order chi connectivity index (χ0) is 25.1. The molecular formula is C24H37N5O5. The Hall–Kier alpha value is -3.14. The first kappa shape index (κ1) is 27.1. The van der Waals surface area contributed by atoms with Crippen LogP contribution in [0.5, 0.6) is 5.75 Å². The van der Waals surface area contributed by atoms with Crippen LogP contribution >= 0.6 is 0 Å². The highest BCUT2D eigenvalue weighted by Crippen LogP contribution is 2.19. The third-order valence-electron chi connectivity index (χ3n) is 5.51. The smallest absolute Gasteiger partial charge is 0.255 e. The van der Waals surface area contributed by atoms with Gasteiger partial charge in [0.2, 0.25) is 17.7 Å². The molecule has 0 saturated carbocycles. The minimum absolute atomic E-state index is 0.0187. The SMILES string of the molecule is CC(C)[C@H]1COc2ccccc2C(=O)N[C@H](C(=O)NCCCN(C)C)CCC(=O)NCC(=O)N1. The number of carbonyl (C=O) groups is 4. The second-order valence-corrected chi connectivity index (χ2v) is 9.01. The number of hydrogen-bond acceptors (Lipinski definition) is 6. The number of para-hydroxylation sites is 1. The van der Waals surface area contributed by atoms with Crippen molar-refractivity contribution in [1.29, 1.82) is 0 Å². The van der Waals surface area contributed by atoms with Gasteiger partial charge in [0.1, 0.15) is 18.4 Å². The van der Waals surface area contributed by atoms with E-state index in [0.717, 1.165) is 13.0 Å². The number of nitrogens with one attached hydrogen (secondary N) is 4. The molecule has 10 nitrogen and oxygen atoms in total. The van der Waals surface area contributed by atoms with Gasteiger partial charge in [-0.15, -0.1) is 0 Å². The summed E-state index contributed by atoms with van der Waals surface area (Å²) in [6.07, 6.45) is 0.828. The molecule has 2 atom stereocenters. The molecule has 10 heteroatoms. The number of nitrogens with zero attached hydrogens (tertiary/aromatic N) is 1. The van der Waals surface area contributed by atoms with Gasteiger partial charge in [-0.2, -0.15) is 0 Å². The van der Waals surface area contributed by atoms with Gasteiger partial charge in [0, 0.05) is 13.0 Å². The number of rotatable bonds is 6. The summed E-state index contributed by atoms with van der Waals surface area (Å²) in [5, 5.41) is 11.0. The molecule has 1 heterocycles. The summed E-state index contributed by atoms with van der Waals surface area (Å²) < 4.78 is 5.91. The van der Waals surface area contributed by atoms with Crippen molar-refractivity contribution in [1.82, 2.24) is 26.2 Å². The summed E-state index contributed by atoms with van der Waals surface area (Å²) in [6.45, 7) is 5.13. The highest BCUT2D eigenvalue weighted by molar-refractivity contribution is 5.99. The lowest BCUT2D eigenvalue weighted by Gasteiger charge is -2.23. The predicted molar refractivity (Wildman–Crippen MR) is 128 cm³/mol.